The lowest BCUT2D eigenvalue weighted by Crippen LogP contribution is -2.48. The highest BCUT2D eigenvalue weighted by Gasteiger charge is 2.52. The van der Waals surface area contributed by atoms with Crippen molar-refractivity contribution < 1.29 is 24.1 Å². The molecular formula is C24H32O5. The summed E-state index contributed by atoms with van der Waals surface area (Å²) in [7, 11) is 3.33. The summed E-state index contributed by atoms with van der Waals surface area (Å²) in [5, 5.41) is 10.5. The minimum Gasteiger partial charge on any atom is -0.496 e. The number of rotatable bonds is 9. The van der Waals surface area contributed by atoms with E-state index in [1.807, 2.05) is 12.1 Å². The van der Waals surface area contributed by atoms with E-state index in [0.29, 0.717) is 24.5 Å². The second kappa shape index (κ2) is 8.55. The van der Waals surface area contributed by atoms with Crippen molar-refractivity contribution in [2.45, 2.75) is 50.0 Å². The minimum absolute atomic E-state index is 0.0630. The Bertz CT molecular complexity index is 730. The third-order valence-corrected chi connectivity index (χ3v) is 7.12. The average Bonchev–Trinajstić information content (AvgIpc) is 2.71. The van der Waals surface area contributed by atoms with E-state index >= 15 is 0 Å². The van der Waals surface area contributed by atoms with Gasteiger partial charge in [0.25, 0.3) is 0 Å². The first-order valence-electron chi connectivity index (χ1n) is 10.6. The maximum absolute atomic E-state index is 10.5. The van der Waals surface area contributed by atoms with Gasteiger partial charge in [-0.15, -0.1) is 6.42 Å². The fourth-order valence-corrected chi connectivity index (χ4v) is 6.34. The molecular weight excluding hydrogens is 368 g/mol. The molecule has 5 rings (SSSR count). The zero-order valence-corrected chi connectivity index (χ0v) is 17.5. The maximum atomic E-state index is 10.5. The van der Waals surface area contributed by atoms with Crippen molar-refractivity contribution in [1.29, 1.82) is 0 Å². The molecule has 158 valence electrons. The number of ether oxygens (including phenoxy) is 4. The summed E-state index contributed by atoms with van der Waals surface area (Å²) in [4.78, 5) is 0. The molecule has 0 spiro atoms. The Morgan fingerprint density at radius 3 is 2.28 bits per heavy atom. The highest BCUT2D eigenvalue weighted by atomic mass is 16.7. The van der Waals surface area contributed by atoms with E-state index in [1.165, 1.54) is 44.1 Å². The molecule has 5 nitrogen and oxygen atoms in total. The Morgan fingerprint density at radius 1 is 1.07 bits per heavy atom. The van der Waals surface area contributed by atoms with E-state index in [1.54, 1.807) is 14.2 Å². The molecule has 4 aliphatic carbocycles. The molecule has 1 aromatic carbocycles. The van der Waals surface area contributed by atoms with Crippen LogP contribution in [0.2, 0.25) is 0 Å². The molecule has 0 amide bonds. The van der Waals surface area contributed by atoms with Gasteiger partial charge in [0.2, 0.25) is 0 Å². The van der Waals surface area contributed by atoms with Crippen LogP contribution in [0.15, 0.2) is 12.1 Å². The largest absolute Gasteiger partial charge is 0.496 e. The fraction of sp³-hybridized carbons (Fsp3) is 0.667. The topological polar surface area (TPSA) is 57.2 Å². The van der Waals surface area contributed by atoms with Gasteiger partial charge >= 0.3 is 0 Å². The summed E-state index contributed by atoms with van der Waals surface area (Å²) in [5.74, 6) is 6.23. The molecule has 0 aromatic heterocycles. The molecule has 0 aliphatic heterocycles. The van der Waals surface area contributed by atoms with Crippen molar-refractivity contribution in [3.63, 3.8) is 0 Å². The predicted molar refractivity (Wildman–Crippen MR) is 110 cm³/mol. The van der Waals surface area contributed by atoms with Crippen molar-refractivity contribution >= 4 is 0 Å². The van der Waals surface area contributed by atoms with Gasteiger partial charge in [-0.3, -0.25) is 0 Å². The van der Waals surface area contributed by atoms with Gasteiger partial charge in [-0.05, 0) is 67.8 Å². The molecule has 4 saturated carbocycles. The van der Waals surface area contributed by atoms with Crippen molar-refractivity contribution in [2.24, 2.45) is 17.8 Å². The molecule has 5 heteroatoms. The molecule has 4 bridgehead atoms. The van der Waals surface area contributed by atoms with Gasteiger partial charge in [0.05, 0.1) is 20.3 Å². The average molecular weight is 401 g/mol. The highest BCUT2D eigenvalue weighted by Crippen LogP contribution is 2.62. The normalized spacial score (nSPS) is 30.8. The van der Waals surface area contributed by atoms with E-state index in [2.05, 4.69) is 5.92 Å². The molecule has 0 heterocycles. The SMILES string of the molecule is C#CC(O)c1cc(C23CC4CC(CC(C4)C2)C3)c(OC)cc1OCOCCOC. The molecule has 1 atom stereocenters. The van der Waals surface area contributed by atoms with E-state index in [0.717, 1.165) is 23.5 Å². The lowest BCUT2D eigenvalue weighted by molar-refractivity contribution is -0.0105. The molecule has 0 radical (unpaired) electrons. The summed E-state index contributed by atoms with van der Waals surface area (Å²) in [6, 6.07) is 3.92. The fourth-order valence-electron chi connectivity index (χ4n) is 6.34. The van der Waals surface area contributed by atoms with Crippen molar-refractivity contribution in [3.05, 3.63) is 23.3 Å². The number of methoxy groups -OCH3 is 2. The number of hydrogen-bond donors (Lipinski definition) is 1. The van der Waals surface area contributed by atoms with E-state index in [9.17, 15) is 5.11 Å². The molecule has 1 N–H and O–H groups in total. The van der Waals surface area contributed by atoms with Crippen LogP contribution in [0.25, 0.3) is 0 Å². The number of aliphatic hydroxyl groups excluding tert-OH is 1. The first kappa shape index (κ1) is 20.5. The van der Waals surface area contributed by atoms with Crippen LogP contribution in [0, 0.1) is 30.1 Å². The standard InChI is InChI=1S/C24H32O5/c1-4-21(25)19-10-20(23(27-3)11-22(19)29-15-28-6-5-26-2)24-12-16-7-17(13-24)9-18(8-16)14-24/h1,10-11,16-18,21,25H,5-9,12-15H2,2-3H3. The van der Waals surface area contributed by atoms with Gasteiger partial charge < -0.3 is 24.1 Å². The van der Waals surface area contributed by atoms with E-state index in [-0.39, 0.29) is 12.2 Å². The van der Waals surface area contributed by atoms with Crippen LogP contribution >= 0.6 is 0 Å². The minimum atomic E-state index is -1.03. The Labute approximate surface area is 173 Å². The quantitative estimate of drug-likeness (QED) is 0.388. The van der Waals surface area contributed by atoms with Crippen LogP contribution in [0.3, 0.4) is 0 Å². The van der Waals surface area contributed by atoms with Crippen LogP contribution in [0.4, 0.5) is 0 Å². The Morgan fingerprint density at radius 2 is 1.72 bits per heavy atom. The third kappa shape index (κ3) is 3.99. The van der Waals surface area contributed by atoms with Crippen molar-refractivity contribution in [3.8, 4) is 23.8 Å². The summed E-state index contributed by atoms with van der Waals surface area (Å²) in [6.07, 6.45) is 12.3. The molecule has 4 aliphatic rings. The van der Waals surface area contributed by atoms with Crippen LogP contribution in [0.5, 0.6) is 11.5 Å². The van der Waals surface area contributed by atoms with E-state index < -0.39 is 6.10 Å². The zero-order valence-electron chi connectivity index (χ0n) is 17.5. The summed E-state index contributed by atoms with van der Waals surface area (Å²) >= 11 is 0. The summed E-state index contributed by atoms with van der Waals surface area (Å²) < 4.78 is 22.0. The van der Waals surface area contributed by atoms with Crippen LogP contribution < -0.4 is 9.47 Å². The number of aliphatic hydroxyl groups is 1. The predicted octanol–water partition coefficient (Wildman–Crippen LogP) is 3.83. The van der Waals surface area contributed by atoms with Crippen molar-refractivity contribution in [1.82, 2.24) is 0 Å². The lowest BCUT2D eigenvalue weighted by Gasteiger charge is -2.57. The smallest absolute Gasteiger partial charge is 0.189 e. The number of hydrogen-bond acceptors (Lipinski definition) is 5. The Balaban J connectivity index is 1.65. The van der Waals surface area contributed by atoms with Gasteiger partial charge in [-0.1, -0.05) is 5.92 Å². The molecule has 4 fully saturated rings. The van der Waals surface area contributed by atoms with Crippen molar-refractivity contribution in [2.75, 3.05) is 34.2 Å². The molecule has 1 unspecified atom stereocenters. The van der Waals surface area contributed by atoms with Gasteiger partial charge in [0, 0.05) is 24.3 Å². The van der Waals surface area contributed by atoms with Gasteiger partial charge in [-0.25, -0.2) is 0 Å². The second-order valence-electron chi connectivity index (χ2n) is 9.02. The number of benzene rings is 1. The lowest BCUT2D eigenvalue weighted by atomic mass is 9.48. The zero-order chi connectivity index (χ0) is 20.4. The molecule has 1 aromatic rings. The first-order valence-corrected chi connectivity index (χ1v) is 10.6. The molecule has 0 saturated heterocycles. The molecule has 29 heavy (non-hydrogen) atoms. The first-order chi connectivity index (χ1) is 14.1. The second-order valence-corrected chi connectivity index (χ2v) is 9.02. The van der Waals surface area contributed by atoms with Crippen LogP contribution in [0.1, 0.15) is 55.8 Å². The Kier molecular flexibility index (Phi) is 6.06. The van der Waals surface area contributed by atoms with Crippen LogP contribution in [-0.4, -0.2) is 39.3 Å². The third-order valence-electron chi connectivity index (χ3n) is 7.12. The Hall–Kier alpha value is -1.74. The highest BCUT2D eigenvalue weighted by molar-refractivity contribution is 5.52. The maximum Gasteiger partial charge on any atom is 0.189 e. The summed E-state index contributed by atoms with van der Waals surface area (Å²) in [6.45, 7) is 0.997. The number of terminal acetylenes is 1. The monoisotopic (exact) mass is 400 g/mol. The van der Waals surface area contributed by atoms with Gasteiger partial charge in [0.1, 0.15) is 17.6 Å². The van der Waals surface area contributed by atoms with Gasteiger partial charge in [0.15, 0.2) is 6.79 Å². The van der Waals surface area contributed by atoms with Crippen LogP contribution in [-0.2, 0) is 14.9 Å². The summed E-state index contributed by atoms with van der Waals surface area (Å²) in [5.41, 5.74) is 1.95. The van der Waals surface area contributed by atoms with Gasteiger partial charge in [-0.2, -0.15) is 0 Å². The van der Waals surface area contributed by atoms with E-state index in [4.69, 9.17) is 25.4 Å².